The summed E-state index contributed by atoms with van der Waals surface area (Å²) in [5, 5.41) is 12.5. The third kappa shape index (κ3) is 7.30. The van der Waals surface area contributed by atoms with Gasteiger partial charge in [0, 0.05) is 6.42 Å². The van der Waals surface area contributed by atoms with Crippen molar-refractivity contribution in [3.05, 3.63) is 60.2 Å². The number of aliphatic hydroxyl groups excluding tert-OH is 1. The predicted molar refractivity (Wildman–Crippen MR) is 116 cm³/mol. The average Bonchev–Trinajstić information content (AvgIpc) is 2.75. The maximum atomic E-state index is 14.7. The van der Waals surface area contributed by atoms with E-state index in [4.69, 9.17) is 4.74 Å². The van der Waals surface area contributed by atoms with Gasteiger partial charge in [0.25, 0.3) is 5.92 Å². The van der Waals surface area contributed by atoms with Crippen molar-refractivity contribution in [1.29, 1.82) is 0 Å². The summed E-state index contributed by atoms with van der Waals surface area (Å²) in [4.78, 5) is 23.9. The maximum absolute atomic E-state index is 14.7. The van der Waals surface area contributed by atoms with E-state index in [2.05, 4.69) is 10.1 Å². The predicted octanol–water partition coefficient (Wildman–Crippen LogP) is 4.87. The van der Waals surface area contributed by atoms with Crippen molar-refractivity contribution in [3.8, 4) is 11.1 Å². The first-order chi connectivity index (χ1) is 14.9. The summed E-state index contributed by atoms with van der Waals surface area (Å²) >= 11 is 0. The van der Waals surface area contributed by atoms with Crippen LogP contribution in [0.3, 0.4) is 0 Å². The minimum atomic E-state index is -3.55. The highest BCUT2D eigenvalue weighted by molar-refractivity contribution is 5.81. The van der Waals surface area contributed by atoms with Gasteiger partial charge in [0.1, 0.15) is 17.7 Å². The number of carbonyl (C=O) groups excluding carboxylic acids is 2. The van der Waals surface area contributed by atoms with E-state index in [9.17, 15) is 23.5 Å². The number of halogens is 2. The van der Waals surface area contributed by atoms with E-state index in [-0.39, 0.29) is 5.56 Å². The van der Waals surface area contributed by atoms with E-state index in [0.29, 0.717) is 0 Å². The number of alkyl carbamates (subject to hydrolysis) is 1. The minimum absolute atomic E-state index is 0.0457. The molecular weight excluding hydrogens is 420 g/mol. The molecule has 2 N–H and O–H groups in total. The van der Waals surface area contributed by atoms with Crippen LogP contribution >= 0.6 is 0 Å². The van der Waals surface area contributed by atoms with E-state index in [1.165, 1.54) is 12.1 Å². The summed E-state index contributed by atoms with van der Waals surface area (Å²) in [6.45, 7) is 4.90. The molecule has 2 atom stereocenters. The van der Waals surface area contributed by atoms with E-state index < -0.39 is 48.6 Å². The van der Waals surface area contributed by atoms with Gasteiger partial charge in [-0.1, -0.05) is 54.6 Å². The molecule has 6 nitrogen and oxygen atoms in total. The summed E-state index contributed by atoms with van der Waals surface area (Å²) in [5.74, 6) is -4.43. The van der Waals surface area contributed by atoms with Crippen LogP contribution in [0.4, 0.5) is 13.6 Å². The quantitative estimate of drug-likeness (QED) is 0.562. The van der Waals surface area contributed by atoms with Crippen molar-refractivity contribution >= 4 is 12.1 Å². The van der Waals surface area contributed by atoms with Crippen LogP contribution in [0.1, 0.15) is 45.3 Å². The fourth-order valence-electron chi connectivity index (χ4n) is 3.05. The summed E-state index contributed by atoms with van der Waals surface area (Å²) in [7, 11) is 1.09. The van der Waals surface area contributed by atoms with Crippen molar-refractivity contribution in [2.24, 2.45) is 0 Å². The number of nitrogens with one attached hydrogen (secondary N) is 1. The van der Waals surface area contributed by atoms with Gasteiger partial charge in [-0.3, -0.25) is 0 Å². The molecule has 0 spiro atoms. The Kier molecular flexibility index (Phi) is 8.32. The standard InChI is InChI=1S/C24H29F2NO5/c1-23(2,3)32-22(30)27-19(21(29)31-4)14-15-24(25,26)20(28)18-12-10-17(11-13-18)16-8-6-5-7-9-16/h5-13,19-20,28H,14-15H2,1-4H3,(H,27,30)/t19-,20?/m0/s1. The van der Waals surface area contributed by atoms with Crippen LogP contribution in [-0.4, -0.2) is 41.8 Å². The van der Waals surface area contributed by atoms with Gasteiger partial charge in [-0.15, -0.1) is 0 Å². The zero-order valence-electron chi connectivity index (χ0n) is 18.6. The fourth-order valence-corrected chi connectivity index (χ4v) is 3.05. The molecule has 0 radical (unpaired) electrons. The lowest BCUT2D eigenvalue weighted by Gasteiger charge is -2.26. The van der Waals surface area contributed by atoms with Gasteiger partial charge in [0.15, 0.2) is 0 Å². The molecule has 2 rings (SSSR count). The minimum Gasteiger partial charge on any atom is -0.467 e. The first kappa shape index (κ1) is 25.3. The SMILES string of the molecule is COC(=O)[C@H](CCC(F)(F)C(O)c1ccc(-c2ccccc2)cc1)NC(=O)OC(C)(C)C. The Hall–Kier alpha value is -3.00. The first-order valence-corrected chi connectivity index (χ1v) is 10.2. The zero-order valence-corrected chi connectivity index (χ0v) is 18.6. The number of ether oxygens (including phenoxy) is 2. The van der Waals surface area contributed by atoms with Gasteiger partial charge < -0.3 is 19.9 Å². The highest BCUT2D eigenvalue weighted by atomic mass is 19.3. The van der Waals surface area contributed by atoms with E-state index in [1.54, 1.807) is 32.9 Å². The normalized spacial score (nSPS) is 13.7. The third-order valence-electron chi connectivity index (χ3n) is 4.68. The number of hydrogen-bond acceptors (Lipinski definition) is 5. The molecule has 32 heavy (non-hydrogen) atoms. The van der Waals surface area contributed by atoms with Crippen LogP contribution in [0.25, 0.3) is 11.1 Å². The van der Waals surface area contributed by atoms with Crippen molar-refractivity contribution < 1.29 is 33.0 Å². The Bertz CT molecular complexity index is 895. The Morgan fingerprint density at radius 1 is 1.00 bits per heavy atom. The van der Waals surface area contributed by atoms with Crippen LogP contribution in [0, 0.1) is 0 Å². The van der Waals surface area contributed by atoms with Crippen LogP contribution < -0.4 is 5.32 Å². The van der Waals surface area contributed by atoms with Gasteiger partial charge in [0.2, 0.25) is 0 Å². The monoisotopic (exact) mass is 449 g/mol. The number of rotatable bonds is 8. The van der Waals surface area contributed by atoms with Crippen molar-refractivity contribution in [3.63, 3.8) is 0 Å². The van der Waals surface area contributed by atoms with Crippen molar-refractivity contribution in [1.82, 2.24) is 5.32 Å². The molecule has 174 valence electrons. The molecule has 0 aliphatic rings. The molecule has 0 saturated carbocycles. The summed E-state index contributed by atoms with van der Waals surface area (Å²) in [5.41, 5.74) is 0.979. The molecule has 2 aromatic rings. The number of aliphatic hydroxyl groups is 1. The average molecular weight is 449 g/mol. The molecule has 0 aromatic heterocycles. The molecule has 1 amide bonds. The number of methoxy groups -OCH3 is 1. The molecule has 0 aliphatic heterocycles. The molecule has 0 bridgehead atoms. The topological polar surface area (TPSA) is 84.9 Å². The third-order valence-corrected chi connectivity index (χ3v) is 4.68. The van der Waals surface area contributed by atoms with Crippen molar-refractivity contribution in [2.45, 2.75) is 57.3 Å². The number of benzene rings is 2. The van der Waals surface area contributed by atoms with Crippen LogP contribution in [0.5, 0.6) is 0 Å². The number of amides is 1. The van der Waals surface area contributed by atoms with Crippen LogP contribution in [0.2, 0.25) is 0 Å². The summed E-state index contributed by atoms with van der Waals surface area (Å²) in [6, 6.07) is 14.3. The fraction of sp³-hybridized carbons (Fsp3) is 0.417. The Labute approximate surface area is 186 Å². The lowest BCUT2D eigenvalue weighted by molar-refractivity contribution is -0.145. The molecule has 0 heterocycles. The molecule has 2 aromatic carbocycles. The molecule has 1 unspecified atom stereocenters. The van der Waals surface area contributed by atoms with E-state index >= 15 is 0 Å². The Morgan fingerprint density at radius 2 is 1.56 bits per heavy atom. The highest BCUT2D eigenvalue weighted by Gasteiger charge is 2.40. The summed E-state index contributed by atoms with van der Waals surface area (Å²) < 4.78 is 39.1. The maximum Gasteiger partial charge on any atom is 0.408 e. The second-order valence-corrected chi connectivity index (χ2v) is 8.41. The number of alkyl halides is 2. The number of hydrogen-bond donors (Lipinski definition) is 2. The van der Waals surface area contributed by atoms with Gasteiger partial charge in [0.05, 0.1) is 7.11 Å². The van der Waals surface area contributed by atoms with E-state index in [1.807, 2.05) is 30.3 Å². The number of carbonyl (C=O) groups is 2. The lowest BCUT2D eigenvalue weighted by Crippen LogP contribution is -2.45. The van der Waals surface area contributed by atoms with Gasteiger partial charge in [-0.25, -0.2) is 18.4 Å². The van der Waals surface area contributed by atoms with Gasteiger partial charge >= 0.3 is 12.1 Å². The molecule has 0 saturated heterocycles. The van der Waals surface area contributed by atoms with Gasteiger partial charge in [-0.2, -0.15) is 0 Å². The highest BCUT2D eigenvalue weighted by Crippen LogP contribution is 2.36. The molecule has 0 fully saturated rings. The van der Waals surface area contributed by atoms with Gasteiger partial charge in [-0.05, 0) is 43.9 Å². The Balaban J connectivity index is 2.05. The Morgan fingerprint density at radius 3 is 2.09 bits per heavy atom. The second kappa shape index (κ2) is 10.5. The second-order valence-electron chi connectivity index (χ2n) is 8.41. The largest absolute Gasteiger partial charge is 0.467 e. The molecule has 8 heteroatoms. The number of esters is 1. The summed E-state index contributed by atoms with van der Waals surface area (Å²) in [6.07, 6.45) is -4.30. The first-order valence-electron chi connectivity index (χ1n) is 10.2. The lowest BCUT2D eigenvalue weighted by atomic mass is 9.96. The van der Waals surface area contributed by atoms with Crippen LogP contribution in [0.15, 0.2) is 54.6 Å². The smallest absolute Gasteiger partial charge is 0.408 e. The van der Waals surface area contributed by atoms with E-state index in [0.717, 1.165) is 18.2 Å². The molecular formula is C24H29F2NO5. The zero-order chi connectivity index (χ0) is 23.9. The van der Waals surface area contributed by atoms with Crippen LogP contribution in [-0.2, 0) is 14.3 Å². The molecule has 0 aliphatic carbocycles. The van der Waals surface area contributed by atoms with Crippen molar-refractivity contribution in [2.75, 3.05) is 7.11 Å².